The number of carbonyl (C=O) groups is 1. The first-order chi connectivity index (χ1) is 13.6. The van der Waals surface area contributed by atoms with Crippen molar-refractivity contribution in [1.29, 1.82) is 0 Å². The zero-order valence-corrected chi connectivity index (χ0v) is 16.6. The fourth-order valence-electron chi connectivity index (χ4n) is 3.23. The number of aryl methyl sites for hydroxylation is 1. The molecule has 1 amide bonds. The Hall–Kier alpha value is -3.21. The maximum absolute atomic E-state index is 12.2. The Morgan fingerprint density at radius 2 is 1.96 bits per heavy atom. The standard InChI is InChI=1S/C23H26N2O3/c1-4-28-21-11-9-18(16-22(21)27-3)10-12-23(26)24-13-14-25-17(2)15-19-7-5-6-8-20(19)25/h5-12,15-16H,4,13-14H2,1-3H3,(H,24,26)/b12-10+. The van der Waals surface area contributed by atoms with Crippen molar-refractivity contribution in [2.75, 3.05) is 20.3 Å². The first-order valence-corrected chi connectivity index (χ1v) is 9.44. The van der Waals surface area contributed by atoms with Crippen LogP contribution in [0, 0.1) is 6.92 Å². The van der Waals surface area contributed by atoms with Gasteiger partial charge >= 0.3 is 0 Å². The second kappa shape index (κ2) is 9.13. The molecule has 0 aliphatic carbocycles. The lowest BCUT2D eigenvalue weighted by molar-refractivity contribution is -0.116. The lowest BCUT2D eigenvalue weighted by Gasteiger charge is -2.10. The van der Waals surface area contributed by atoms with E-state index in [2.05, 4.69) is 35.0 Å². The number of carbonyl (C=O) groups excluding carboxylic acids is 1. The molecular formula is C23H26N2O3. The molecule has 5 heteroatoms. The van der Waals surface area contributed by atoms with Crippen molar-refractivity contribution >= 4 is 22.9 Å². The number of para-hydroxylation sites is 1. The summed E-state index contributed by atoms with van der Waals surface area (Å²) in [5, 5.41) is 4.16. The van der Waals surface area contributed by atoms with Crippen LogP contribution in [-0.2, 0) is 11.3 Å². The van der Waals surface area contributed by atoms with Crippen molar-refractivity contribution in [1.82, 2.24) is 9.88 Å². The van der Waals surface area contributed by atoms with E-state index in [1.165, 1.54) is 22.7 Å². The predicted octanol–water partition coefficient (Wildman–Crippen LogP) is 4.19. The highest BCUT2D eigenvalue weighted by molar-refractivity contribution is 5.91. The molecule has 0 aliphatic rings. The van der Waals surface area contributed by atoms with Crippen molar-refractivity contribution in [2.24, 2.45) is 0 Å². The molecule has 28 heavy (non-hydrogen) atoms. The van der Waals surface area contributed by atoms with Crippen LogP contribution in [0.4, 0.5) is 0 Å². The molecule has 0 radical (unpaired) electrons. The van der Waals surface area contributed by atoms with Crippen LogP contribution in [0.15, 0.2) is 54.6 Å². The number of hydrogen-bond donors (Lipinski definition) is 1. The Morgan fingerprint density at radius 1 is 1.14 bits per heavy atom. The van der Waals surface area contributed by atoms with Crippen LogP contribution in [0.25, 0.3) is 17.0 Å². The third kappa shape index (κ3) is 4.55. The molecule has 1 aromatic heterocycles. The summed E-state index contributed by atoms with van der Waals surface area (Å²) in [7, 11) is 1.60. The Bertz CT molecular complexity index is 989. The van der Waals surface area contributed by atoms with Gasteiger partial charge in [-0.3, -0.25) is 4.79 Å². The van der Waals surface area contributed by atoms with E-state index >= 15 is 0 Å². The molecular weight excluding hydrogens is 352 g/mol. The van der Waals surface area contributed by atoms with Crippen LogP contribution in [0.5, 0.6) is 11.5 Å². The summed E-state index contributed by atoms with van der Waals surface area (Å²) in [5.74, 6) is 1.22. The molecule has 0 saturated heterocycles. The number of fused-ring (bicyclic) bond motifs is 1. The first kappa shape index (κ1) is 19.5. The molecule has 0 saturated carbocycles. The fourth-order valence-corrected chi connectivity index (χ4v) is 3.23. The van der Waals surface area contributed by atoms with Crippen LogP contribution in [0.1, 0.15) is 18.2 Å². The number of hydrogen-bond acceptors (Lipinski definition) is 3. The van der Waals surface area contributed by atoms with Gasteiger partial charge in [-0.15, -0.1) is 0 Å². The fraction of sp³-hybridized carbons (Fsp3) is 0.261. The zero-order chi connectivity index (χ0) is 19.9. The molecule has 146 valence electrons. The van der Waals surface area contributed by atoms with Gasteiger partial charge in [0.2, 0.25) is 5.91 Å². The van der Waals surface area contributed by atoms with E-state index in [1.54, 1.807) is 13.2 Å². The molecule has 1 heterocycles. The maximum atomic E-state index is 12.2. The van der Waals surface area contributed by atoms with Gasteiger partial charge in [0, 0.05) is 30.4 Å². The van der Waals surface area contributed by atoms with E-state index in [9.17, 15) is 4.79 Å². The minimum atomic E-state index is -0.123. The van der Waals surface area contributed by atoms with Gasteiger partial charge in [0.15, 0.2) is 11.5 Å². The van der Waals surface area contributed by atoms with Crippen LogP contribution < -0.4 is 14.8 Å². The summed E-state index contributed by atoms with van der Waals surface area (Å²) in [6.45, 7) is 5.88. The normalized spacial score (nSPS) is 11.1. The van der Waals surface area contributed by atoms with E-state index in [0.29, 0.717) is 24.7 Å². The lowest BCUT2D eigenvalue weighted by atomic mass is 10.2. The topological polar surface area (TPSA) is 52.5 Å². The van der Waals surface area contributed by atoms with Crippen molar-refractivity contribution in [3.05, 3.63) is 65.9 Å². The van der Waals surface area contributed by atoms with Gasteiger partial charge in [0.1, 0.15) is 0 Å². The highest BCUT2D eigenvalue weighted by atomic mass is 16.5. The van der Waals surface area contributed by atoms with Gasteiger partial charge in [-0.25, -0.2) is 0 Å². The molecule has 5 nitrogen and oxygen atoms in total. The van der Waals surface area contributed by atoms with Gasteiger partial charge in [-0.05, 0) is 55.1 Å². The van der Waals surface area contributed by atoms with Gasteiger partial charge in [0.05, 0.1) is 13.7 Å². The number of aromatic nitrogens is 1. The minimum Gasteiger partial charge on any atom is -0.493 e. The summed E-state index contributed by atoms with van der Waals surface area (Å²) in [5.41, 5.74) is 3.25. The van der Waals surface area contributed by atoms with Crippen LogP contribution in [0.2, 0.25) is 0 Å². The summed E-state index contributed by atoms with van der Waals surface area (Å²) >= 11 is 0. The summed E-state index contributed by atoms with van der Waals surface area (Å²) < 4.78 is 13.1. The van der Waals surface area contributed by atoms with Crippen molar-refractivity contribution < 1.29 is 14.3 Å². The molecule has 0 fully saturated rings. The number of rotatable bonds is 8. The molecule has 3 aromatic rings. The largest absolute Gasteiger partial charge is 0.493 e. The van der Waals surface area contributed by atoms with E-state index in [0.717, 1.165) is 12.1 Å². The third-order valence-electron chi connectivity index (χ3n) is 4.57. The smallest absolute Gasteiger partial charge is 0.244 e. The van der Waals surface area contributed by atoms with Gasteiger partial charge in [-0.2, -0.15) is 0 Å². The molecule has 2 aromatic carbocycles. The van der Waals surface area contributed by atoms with Crippen molar-refractivity contribution in [2.45, 2.75) is 20.4 Å². The Labute approximate surface area is 165 Å². The second-order valence-corrected chi connectivity index (χ2v) is 6.46. The lowest BCUT2D eigenvalue weighted by Crippen LogP contribution is -2.25. The van der Waals surface area contributed by atoms with Crippen LogP contribution in [0.3, 0.4) is 0 Å². The molecule has 0 atom stereocenters. The Kier molecular flexibility index (Phi) is 6.37. The van der Waals surface area contributed by atoms with Gasteiger partial charge in [-0.1, -0.05) is 24.3 Å². The number of benzene rings is 2. The summed E-state index contributed by atoms with van der Waals surface area (Å²) in [6.07, 6.45) is 3.31. The molecule has 0 bridgehead atoms. The van der Waals surface area contributed by atoms with Crippen molar-refractivity contribution in [3.63, 3.8) is 0 Å². The monoisotopic (exact) mass is 378 g/mol. The zero-order valence-electron chi connectivity index (χ0n) is 16.6. The van der Waals surface area contributed by atoms with E-state index in [1.807, 2.05) is 37.3 Å². The van der Waals surface area contributed by atoms with Gasteiger partial charge < -0.3 is 19.4 Å². The number of amides is 1. The summed E-state index contributed by atoms with van der Waals surface area (Å²) in [6, 6.07) is 16.0. The third-order valence-corrected chi connectivity index (χ3v) is 4.57. The van der Waals surface area contributed by atoms with Crippen LogP contribution >= 0.6 is 0 Å². The number of nitrogens with one attached hydrogen (secondary N) is 1. The van der Waals surface area contributed by atoms with Crippen molar-refractivity contribution in [3.8, 4) is 11.5 Å². The highest BCUT2D eigenvalue weighted by Gasteiger charge is 2.06. The molecule has 0 aliphatic heterocycles. The Morgan fingerprint density at radius 3 is 2.75 bits per heavy atom. The van der Waals surface area contributed by atoms with E-state index < -0.39 is 0 Å². The summed E-state index contributed by atoms with van der Waals surface area (Å²) in [4.78, 5) is 12.2. The average Bonchev–Trinajstić information content (AvgIpc) is 3.02. The molecule has 1 N–H and O–H groups in total. The molecule has 0 spiro atoms. The van der Waals surface area contributed by atoms with E-state index in [-0.39, 0.29) is 5.91 Å². The first-order valence-electron chi connectivity index (χ1n) is 9.44. The average molecular weight is 378 g/mol. The molecule has 0 unspecified atom stereocenters. The van der Waals surface area contributed by atoms with E-state index in [4.69, 9.17) is 9.47 Å². The SMILES string of the molecule is CCOc1ccc(/C=C/C(=O)NCCn2c(C)cc3ccccc32)cc1OC. The quantitative estimate of drug-likeness (QED) is 0.598. The molecule has 3 rings (SSSR count). The Balaban J connectivity index is 1.57. The maximum Gasteiger partial charge on any atom is 0.244 e. The second-order valence-electron chi connectivity index (χ2n) is 6.46. The van der Waals surface area contributed by atoms with Crippen LogP contribution in [-0.4, -0.2) is 30.7 Å². The highest BCUT2D eigenvalue weighted by Crippen LogP contribution is 2.28. The predicted molar refractivity (Wildman–Crippen MR) is 113 cm³/mol. The number of methoxy groups -OCH3 is 1. The number of nitrogens with zero attached hydrogens (tertiary/aromatic N) is 1. The minimum absolute atomic E-state index is 0.123. The number of ether oxygens (including phenoxy) is 2. The van der Waals surface area contributed by atoms with Gasteiger partial charge in [0.25, 0.3) is 0 Å².